The molecule has 182 valence electrons. The highest BCUT2D eigenvalue weighted by atomic mass is 32.2. The van der Waals surface area contributed by atoms with E-state index in [4.69, 9.17) is 14.2 Å². The Balaban J connectivity index is 1.47. The van der Waals surface area contributed by atoms with Crippen molar-refractivity contribution in [3.8, 4) is 17.2 Å². The van der Waals surface area contributed by atoms with Crippen LogP contribution in [0.5, 0.6) is 17.2 Å². The third-order valence-corrected chi connectivity index (χ3v) is 7.05. The fourth-order valence-electron chi connectivity index (χ4n) is 3.57. The number of aromatic nitrogens is 2. The number of fused-ring (bicyclic) bond motifs is 1. The molecule has 1 N–H and O–H groups in total. The van der Waals surface area contributed by atoms with Crippen molar-refractivity contribution in [1.82, 2.24) is 10.2 Å². The first-order valence-corrected chi connectivity index (χ1v) is 13.2. The highest BCUT2D eigenvalue weighted by molar-refractivity contribution is 8.00. The second-order valence-electron chi connectivity index (χ2n) is 7.35. The monoisotopic (exact) mass is 509 g/mol. The van der Waals surface area contributed by atoms with E-state index in [1.165, 1.54) is 27.7 Å². The summed E-state index contributed by atoms with van der Waals surface area (Å²) in [7, 11) is 0. The van der Waals surface area contributed by atoms with E-state index in [0.29, 0.717) is 47.8 Å². The number of anilines is 1. The molecular weight excluding hydrogens is 482 g/mol. The molecule has 3 aromatic carbocycles. The van der Waals surface area contributed by atoms with Gasteiger partial charge in [0.05, 0.1) is 19.8 Å². The van der Waals surface area contributed by atoms with Crippen molar-refractivity contribution in [2.75, 3.05) is 25.1 Å². The van der Waals surface area contributed by atoms with Crippen molar-refractivity contribution >= 4 is 44.9 Å². The topological polar surface area (TPSA) is 82.6 Å². The van der Waals surface area contributed by atoms with Gasteiger partial charge in [-0.05, 0) is 49.2 Å². The van der Waals surface area contributed by atoms with Gasteiger partial charge in [-0.2, -0.15) is 0 Å². The van der Waals surface area contributed by atoms with Gasteiger partial charge in [0, 0.05) is 11.3 Å². The molecule has 0 aliphatic carbocycles. The average Bonchev–Trinajstić information content (AvgIpc) is 3.32. The van der Waals surface area contributed by atoms with Crippen LogP contribution in [0.3, 0.4) is 0 Å². The van der Waals surface area contributed by atoms with Gasteiger partial charge in [0.25, 0.3) is 5.91 Å². The summed E-state index contributed by atoms with van der Waals surface area (Å²) in [5, 5.41) is 14.1. The lowest BCUT2D eigenvalue weighted by Crippen LogP contribution is -2.13. The zero-order valence-electron chi connectivity index (χ0n) is 19.9. The maximum Gasteiger partial charge on any atom is 0.257 e. The third-order valence-electron chi connectivity index (χ3n) is 5.03. The van der Waals surface area contributed by atoms with E-state index in [0.717, 1.165) is 10.1 Å². The van der Waals surface area contributed by atoms with Crippen molar-refractivity contribution in [3.63, 3.8) is 0 Å². The summed E-state index contributed by atoms with van der Waals surface area (Å²) in [4.78, 5) is 13.0. The first-order valence-electron chi connectivity index (χ1n) is 11.4. The molecule has 0 aliphatic heterocycles. The van der Waals surface area contributed by atoms with E-state index < -0.39 is 0 Å². The molecule has 35 heavy (non-hydrogen) atoms. The minimum absolute atomic E-state index is 0.322. The standard InChI is InChI=1S/C26H27N3O4S2/c1-4-31-21-14-19(15-22(32-5-2)23(21)33-6-3)24(30)27-25-28-29-26(35-25)34-16-18-12-9-11-17-10-7-8-13-20(17)18/h7-15H,4-6,16H2,1-3H3,(H,27,28,30). The first-order chi connectivity index (χ1) is 17.1. The van der Waals surface area contributed by atoms with Crippen LogP contribution in [0.25, 0.3) is 10.8 Å². The van der Waals surface area contributed by atoms with Gasteiger partial charge in [-0.3, -0.25) is 10.1 Å². The van der Waals surface area contributed by atoms with E-state index in [-0.39, 0.29) is 5.91 Å². The summed E-state index contributed by atoms with van der Waals surface area (Å²) in [5.41, 5.74) is 1.62. The fourth-order valence-corrected chi connectivity index (χ4v) is 5.32. The number of ether oxygens (including phenoxy) is 3. The SMILES string of the molecule is CCOc1cc(C(=O)Nc2nnc(SCc3cccc4ccccc34)s2)cc(OCC)c1OCC. The van der Waals surface area contributed by atoms with Crippen LogP contribution in [-0.2, 0) is 5.75 Å². The number of hydrogen-bond acceptors (Lipinski definition) is 8. The predicted molar refractivity (Wildman–Crippen MR) is 141 cm³/mol. The van der Waals surface area contributed by atoms with Crippen molar-refractivity contribution in [2.45, 2.75) is 30.9 Å². The zero-order chi connectivity index (χ0) is 24.6. The molecule has 1 amide bonds. The molecule has 7 nitrogen and oxygen atoms in total. The van der Waals surface area contributed by atoms with Crippen molar-refractivity contribution in [2.24, 2.45) is 0 Å². The lowest BCUT2D eigenvalue weighted by atomic mass is 10.1. The van der Waals surface area contributed by atoms with Gasteiger partial charge < -0.3 is 14.2 Å². The van der Waals surface area contributed by atoms with Crippen LogP contribution in [0.15, 0.2) is 58.9 Å². The summed E-state index contributed by atoms with van der Waals surface area (Å²) in [6, 6.07) is 17.9. The Labute approximate surface area is 212 Å². The van der Waals surface area contributed by atoms with Crippen LogP contribution in [0.1, 0.15) is 36.7 Å². The number of carbonyl (C=O) groups is 1. The Morgan fingerprint density at radius 1 is 0.914 bits per heavy atom. The van der Waals surface area contributed by atoms with Crippen LogP contribution in [-0.4, -0.2) is 35.9 Å². The molecule has 4 rings (SSSR count). The summed E-state index contributed by atoms with van der Waals surface area (Å²) in [6.45, 7) is 6.96. The summed E-state index contributed by atoms with van der Waals surface area (Å²) < 4.78 is 17.9. The first kappa shape index (κ1) is 24.8. The van der Waals surface area contributed by atoms with Crippen LogP contribution in [0.4, 0.5) is 5.13 Å². The van der Waals surface area contributed by atoms with Gasteiger partial charge in [0.15, 0.2) is 15.8 Å². The van der Waals surface area contributed by atoms with Gasteiger partial charge >= 0.3 is 0 Å². The van der Waals surface area contributed by atoms with E-state index in [1.807, 2.05) is 32.9 Å². The Kier molecular flexibility index (Phi) is 8.44. The number of hydrogen-bond donors (Lipinski definition) is 1. The van der Waals surface area contributed by atoms with E-state index in [2.05, 4.69) is 45.8 Å². The molecule has 1 aromatic heterocycles. The fraction of sp³-hybridized carbons (Fsp3) is 0.269. The molecule has 4 aromatic rings. The Morgan fingerprint density at radius 3 is 2.31 bits per heavy atom. The summed E-state index contributed by atoms with van der Waals surface area (Å²) in [5.74, 6) is 1.87. The van der Waals surface area contributed by atoms with Crippen LogP contribution in [0, 0.1) is 0 Å². The van der Waals surface area contributed by atoms with Crippen LogP contribution in [0.2, 0.25) is 0 Å². The number of nitrogens with one attached hydrogen (secondary N) is 1. The zero-order valence-corrected chi connectivity index (χ0v) is 21.5. The number of carbonyl (C=O) groups excluding carboxylic acids is 1. The maximum absolute atomic E-state index is 13.0. The van der Waals surface area contributed by atoms with Crippen molar-refractivity contribution in [3.05, 3.63) is 65.7 Å². The lowest BCUT2D eigenvalue weighted by molar-refractivity contribution is 0.102. The minimum atomic E-state index is -0.322. The number of thioether (sulfide) groups is 1. The lowest BCUT2D eigenvalue weighted by Gasteiger charge is -2.16. The molecule has 0 aliphatic rings. The Bertz CT molecular complexity index is 1280. The van der Waals surface area contributed by atoms with E-state index >= 15 is 0 Å². The van der Waals surface area contributed by atoms with Gasteiger partial charge in [-0.1, -0.05) is 65.6 Å². The molecule has 0 fully saturated rings. The number of amides is 1. The molecule has 0 saturated carbocycles. The molecule has 9 heteroatoms. The highest BCUT2D eigenvalue weighted by Crippen LogP contribution is 2.39. The second kappa shape index (κ2) is 11.9. The number of nitrogens with zero attached hydrogens (tertiary/aromatic N) is 2. The Hall–Kier alpha value is -3.30. The summed E-state index contributed by atoms with van der Waals surface area (Å²) >= 11 is 2.94. The van der Waals surface area contributed by atoms with Crippen molar-refractivity contribution < 1.29 is 19.0 Å². The second-order valence-corrected chi connectivity index (χ2v) is 9.55. The molecule has 1 heterocycles. The number of benzene rings is 3. The third kappa shape index (κ3) is 6.04. The normalized spacial score (nSPS) is 10.8. The van der Waals surface area contributed by atoms with Gasteiger partial charge in [-0.25, -0.2) is 0 Å². The highest BCUT2D eigenvalue weighted by Gasteiger charge is 2.19. The molecule has 0 bridgehead atoms. The van der Waals surface area contributed by atoms with Crippen LogP contribution >= 0.6 is 23.1 Å². The van der Waals surface area contributed by atoms with Crippen LogP contribution < -0.4 is 19.5 Å². The molecular formula is C26H27N3O4S2. The molecule has 0 atom stereocenters. The van der Waals surface area contributed by atoms with E-state index in [1.54, 1.807) is 23.9 Å². The molecule has 0 unspecified atom stereocenters. The predicted octanol–water partition coefficient (Wildman–Crippen LogP) is 6.43. The maximum atomic E-state index is 13.0. The largest absolute Gasteiger partial charge is 0.490 e. The Morgan fingerprint density at radius 2 is 1.60 bits per heavy atom. The summed E-state index contributed by atoms with van der Waals surface area (Å²) in [6.07, 6.45) is 0. The van der Waals surface area contributed by atoms with E-state index in [9.17, 15) is 4.79 Å². The molecule has 0 saturated heterocycles. The quantitative estimate of drug-likeness (QED) is 0.184. The van der Waals surface area contributed by atoms with Crippen molar-refractivity contribution in [1.29, 1.82) is 0 Å². The molecule has 0 spiro atoms. The molecule has 0 radical (unpaired) electrons. The average molecular weight is 510 g/mol. The minimum Gasteiger partial charge on any atom is -0.490 e. The number of rotatable bonds is 11. The van der Waals surface area contributed by atoms with Gasteiger partial charge in [0.2, 0.25) is 10.9 Å². The van der Waals surface area contributed by atoms with Gasteiger partial charge in [0.1, 0.15) is 0 Å². The smallest absolute Gasteiger partial charge is 0.257 e. The van der Waals surface area contributed by atoms with Gasteiger partial charge in [-0.15, -0.1) is 10.2 Å².